The molecule has 8 heteroatoms. The predicted octanol–water partition coefficient (Wildman–Crippen LogP) is 6.34. The highest BCUT2D eigenvalue weighted by atomic mass is 32.2. The SMILES string of the molecule is CC(=O)N(c1ccccc1)c1nc(CSc2nc3ccccc3c(=O)n2C2CCCCC2)cs1. The van der Waals surface area contributed by atoms with E-state index in [1.807, 2.05) is 64.5 Å². The summed E-state index contributed by atoms with van der Waals surface area (Å²) in [4.78, 5) is 37.0. The van der Waals surface area contributed by atoms with E-state index in [1.165, 1.54) is 17.8 Å². The number of thioether (sulfide) groups is 1. The Labute approximate surface area is 206 Å². The average Bonchev–Trinajstić information content (AvgIpc) is 3.32. The summed E-state index contributed by atoms with van der Waals surface area (Å²) in [6.07, 6.45) is 5.54. The van der Waals surface area contributed by atoms with Crippen molar-refractivity contribution in [2.45, 2.75) is 56.0 Å². The second-order valence-electron chi connectivity index (χ2n) is 8.48. The van der Waals surface area contributed by atoms with Crippen molar-refractivity contribution in [3.05, 3.63) is 76.0 Å². The Morgan fingerprint density at radius 2 is 1.79 bits per heavy atom. The van der Waals surface area contributed by atoms with Gasteiger partial charge >= 0.3 is 0 Å². The van der Waals surface area contributed by atoms with E-state index in [9.17, 15) is 9.59 Å². The quantitative estimate of drug-likeness (QED) is 0.233. The summed E-state index contributed by atoms with van der Waals surface area (Å²) in [5, 5.41) is 4.04. The molecule has 0 N–H and O–H groups in total. The standard InChI is InChI=1S/C26H26N4O2S2/c1-18(31)29(20-10-4-2-5-11-20)25-27-19(16-33-25)17-34-26-28-23-15-9-8-14-22(23)24(32)30(26)21-12-6-3-7-13-21/h2,4-5,8-11,14-16,21H,3,6-7,12-13,17H2,1H3. The summed E-state index contributed by atoms with van der Waals surface area (Å²) in [7, 11) is 0. The van der Waals surface area contributed by atoms with E-state index in [4.69, 9.17) is 9.97 Å². The fourth-order valence-corrected chi connectivity index (χ4v) is 6.45. The van der Waals surface area contributed by atoms with Crippen LogP contribution in [0.2, 0.25) is 0 Å². The maximum atomic E-state index is 13.4. The van der Waals surface area contributed by atoms with Gasteiger partial charge in [0, 0.05) is 24.1 Å². The lowest BCUT2D eigenvalue weighted by Gasteiger charge is -2.26. The topological polar surface area (TPSA) is 68.1 Å². The summed E-state index contributed by atoms with van der Waals surface area (Å²) in [5.74, 6) is 0.497. The molecule has 1 fully saturated rings. The van der Waals surface area contributed by atoms with Crippen molar-refractivity contribution in [1.82, 2.24) is 14.5 Å². The molecule has 1 amide bonds. The number of benzene rings is 2. The minimum absolute atomic E-state index is 0.0470. The van der Waals surface area contributed by atoms with Crippen molar-refractivity contribution >= 4 is 50.7 Å². The molecule has 1 aliphatic carbocycles. The number of aromatic nitrogens is 3. The zero-order valence-corrected chi connectivity index (χ0v) is 20.6. The summed E-state index contributed by atoms with van der Waals surface area (Å²) in [6.45, 7) is 1.55. The van der Waals surface area contributed by atoms with Crippen molar-refractivity contribution in [3.63, 3.8) is 0 Å². The number of fused-ring (bicyclic) bond motifs is 1. The van der Waals surface area contributed by atoms with Crippen LogP contribution in [0, 0.1) is 0 Å². The molecule has 2 heterocycles. The lowest BCUT2D eigenvalue weighted by atomic mass is 9.95. The first kappa shape index (κ1) is 22.8. The summed E-state index contributed by atoms with van der Waals surface area (Å²) in [6, 6.07) is 17.3. The van der Waals surface area contributed by atoms with Gasteiger partial charge in [-0.2, -0.15) is 0 Å². The molecule has 2 aromatic heterocycles. The number of thiazole rings is 1. The highest BCUT2D eigenvalue weighted by molar-refractivity contribution is 7.98. The van der Waals surface area contributed by atoms with E-state index in [-0.39, 0.29) is 17.5 Å². The van der Waals surface area contributed by atoms with Crippen molar-refractivity contribution in [2.24, 2.45) is 0 Å². The monoisotopic (exact) mass is 490 g/mol. The van der Waals surface area contributed by atoms with Gasteiger partial charge in [0.05, 0.1) is 22.3 Å². The van der Waals surface area contributed by atoms with Crippen LogP contribution in [0.3, 0.4) is 0 Å². The van der Waals surface area contributed by atoms with E-state index < -0.39 is 0 Å². The highest BCUT2D eigenvalue weighted by Gasteiger charge is 2.23. The van der Waals surface area contributed by atoms with Crippen LogP contribution < -0.4 is 10.5 Å². The van der Waals surface area contributed by atoms with Gasteiger partial charge in [-0.05, 0) is 37.1 Å². The Morgan fingerprint density at radius 1 is 1.06 bits per heavy atom. The number of carbonyl (C=O) groups excluding carboxylic acids is 1. The molecule has 0 spiro atoms. The van der Waals surface area contributed by atoms with Crippen LogP contribution in [-0.4, -0.2) is 20.4 Å². The van der Waals surface area contributed by atoms with Crippen LogP contribution in [0.4, 0.5) is 10.8 Å². The molecule has 0 unspecified atom stereocenters. The summed E-state index contributed by atoms with van der Waals surface area (Å²) < 4.78 is 1.92. The Kier molecular flexibility index (Phi) is 6.78. The molecule has 5 rings (SSSR count). The fraction of sp³-hybridized carbons (Fsp3) is 0.308. The normalized spacial score (nSPS) is 14.4. The van der Waals surface area contributed by atoms with E-state index >= 15 is 0 Å². The zero-order chi connectivity index (χ0) is 23.5. The lowest BCUT2D eigenvalue weighted by molar-refractivity contribution is -0.115. The number of para-hydroxylation sites is 2. The third-order valence-electron chi connectivity index (χ3n) is 6.12. The first-order valence-corrected chi connectivity index (χ1v) is 13.4. The molecule has 1 saturated carbocycles. The van der Waals surface area contributed by atoms with Crippen molar-refractivity contribution < 1.29 is 4.79 Å². The second kappa shape index (κ2) is 10.1. The van der Waals surface area contributed by atoms with E-state index in [1.54, 1.807) is 23.6 Å². The zero-order valence-electron chi connectivity index (χ0n) is 19.0. The Hall–Kier alpha value is -2.97. The molecule has 1 aliphatic rings. The number of hydrogen-bond donors (Lipinski definition) is 0. The molecule has 0 atom stereocenters. The van der Waals surface area contributed by atoms with Crippen LogP contribution >= 0.6 is 23.1 Å². The van der Waals surface area contributed by atoms with Crippen LogP contribution in [0.25, 0.3) is 10.9 Å². The van der Waals surface area contributed by atoms with Gasteiger partial charge in [-0.15, -0.1) is 11.3 Å². The Morgan fingerprint density at radius 3 is 2.56 bits per heavy atom. The number of carbonyl (C=O) groups is 1. The third-order valence-corrected chi connectivity index (χ3v) is 7.99. The predicted molar refractivity (Wildman–Crippen MR) is 139 cm³/mol. The van der Waals surface area contributed by atoms with Gasteiger partial charge < -0.3 is 0 Å². The first-order valence-electron chi connectivity index (χ1n) is 11.6. The number of nitrogens with zero attached hydrogens (tertiary/aromatic N) is 4. The fourth-order valence-electron chi connectivity index (χ4n) is 4.50. The average molecular weight is 491 g/mol. The molecule has 6 nitrogen and oxygen atoms in total. The van der Waals surface area contributed by atoms with Gasteiger partial charge in [0.2, 0.25) is 5.91 Å². The molecule has 174 valence electrons. The maximum Gasteiger partial charge on any atom is 0.262 e. The maximum absolute atomic E-state index is 13.4. The highest BCUT2D eigenvalue weighted by Crippen LogP contribution is 2.34. The van der Waals surface area contributed by atoms with Crippen LogP contribution in [0.5, 0.6) is 0 Å². The van der Waals surface area contributed by atoms with Gasteiger partial charge in [0.1, 0.15) is 0 Å². The minimum Gasteiger partial charge on any atom is -0.284 e. The van der Waals surface area contributed by atoms with E-state index in [0.29, 0.717) is 16.3 Å². The first-order chi connectivity index (χ1) is 16.6. The molecule has 0 radical (unpaired) electrons. The van der Waals surface area contributed by atoms with Gasteiger partial charge in [-0.25, -0.2) is 9.97 Å². The molecule has 34 heavy (non-hydrogen) atoms. The van der Waals surface area contributed by atoms with Crippen molar-refractivity contribution in [2.75, 3.05) is 4.90 Å². The Bertz CT molecular complexity index is 1360. The summed E-state index contributed by atoms with van der Waals surface area (Å²) >= 11 is 2.99. The molecule has 0 bridgehead atoms. The number of anilines is 2. The Balaban J connectivity index is 1.44. The lowest BCUT2D eigenvalue weighted by Crippen LogP contribution is -2.29. The summed E-state index contributed by atoms with van der Waals surface area (Å²) in [5.41, 5.74) is 2.44. The molecule has 4 aromatic rings. The molecular formula is C26H26N4O2S2. The van der Waals surface area contributed by atoms with Crippen molar-refractivity contribution in [3.8, 4) is 0 Å². The van der Waals surface area contributed by atoms with Gasteiger partial charge in [0.25, 0.3) is 5.56 Å². The van der Waals surface area contributed by atoms with Crippen molar-refractivity contribution in [1.29, 1.82) is 0 Å². The second-order valence-corrected chi connectivity index (χ2v) is 10.3. The van der Waals surface area contributed by atoms with E-state index in [2.05, 4.69) is 0 Å². The number of hydrogen-bond acceptors (Lipinski definition) is 6. The van der Waals surface area contributed by atoms with Crippen LogP contribution in [-0.2, 0) is 10.5 Å². The number of rotatable bonds is 6. The third kappa shape index (κ3) is 4.65. The molecule has 0 saturated heterocycles. The van der Waals surface area contributed by atoms with Gasteiger partial charge in [0.15, 0.2) is 10.3 Å². The van der Waals surface area contributed by atoms with Gasteiger partial charge in [-0.3, -0.25) is 19.1 Å². The van der Waals surface area contributed by atoms with E-state index in [0.717, 1.165) is 47.7 Å². The minimum atomic E-state index is -0.0814. The van der Waals surface area contributed by atoms with Gasteiger partial charge in [-0.1, -0.05) is 61.4 Å². The van der Waals surface area contributed by atoms with Crippen LogP contribution in [0.15, 0.2) is 69.9 Å². The molecule has 2 aromatic carbocycles. The molecule has 0 aliphatic heterocycles. The number of amides is 1. The largest absolute Gasteiger partial charge is 0.284 e. The van der Waals surface area contributed by atoms with Crippen LogP contribution in [0.1, 0.15) is 50.8 Å². The molecular weight excluding hydrogens is 464 g/mol. The smallest absolute Gasteiger partial charge is 0.262 e.